The Morgan fingerprint density at radius 2 is 0.984 bits per heavy atom. The molecule has 0 aliphatic rings. The number of phosphoric ester groups is 1. The van der Waals surface area contributed by atoms with Gasteiger partial charge in [-0.3, -0.25) is 9.36 Å². The molecule has 2 N–H and O–H groups in total. The highest BCUT2D eigenvalue weighted by Crippen LogP contribution is 2.38. The molecule has 9 heteroatoms. The monoisotopic (exact) mass is 891 g/mol. The number of carbonyl (C=O) groups is 1. The van der Waals surface area contributed by atoms with Gasteiger partial charge in [0.25, 0.3) is 7.82 Å². The zero-order valence-electron chi connectivity index (χ0n) is 41.1. The molecule has 0 radical (unpaired) electrons. The van der Waals surface area contributed by atoms with E-state index >= 15 is 0 Å². The topological polar surface area (TPSA) is 108 Å². The Morgan fingerprint density at radius 1 is 0.581 bits per heavy atom. The van der Waals surface area contributed by atoms with Crippen molar-refractivity contribution in [2.75, 3.05) is 40.9 Å². The quantitative estimate of drug-likeness (QED) is 0.0273. The molecular formula is C53H99N2O6P. The van der Waals surface area contributed by atoms with E-state index in [-0.39, 0.29) is 19.1 Å². The largest absolute Gasteiger partial charge is 0.756 e. The van der Waals surface area contributed by atoms with Crippen molar-refractivity contribution in [3.8, 4) is 0 Å². The van der Waals surface area contributed by atoms with Crippen LogP contribution in [0.25, 0.3) is 0 Å². The molecule has 0 aliphatic carbocycles. The number of aliphatic hydroxyl groups excluding tert-OH is 1. The fraction of sp³-hybridized carbons (Fsp3) is 0.792. The van der Waals surface area contributed by atoms with Gasteiger partial charge in [-0.25, -0.2) is 0 Å². The number of nitrogens with one attached hydrogen (secondary N) is 1. The van der Waals surface area contributed by atoms with Crippen LogP contribution in [0.2, 0.25) is 0 Å². The molecule has 0 saturated heterocycles. The number of allylic oxidation sites excluding steroid dienone is 10. The number of hydrogen-bond acceptors (Lipinski definition) is 6. The van der Waals surface area contributed by atoms with Gasteiger partial charge in [0.05, 0.1) is 39.9 Å². The normalized spacial score (nSPS) is 14.6. The smallest absolute Gasteiger partial charge is 0.268 e. The minimum atomic E-state index is -4.58. The number of phosphoric acid groups is 1. The van der Waals surface area contributed by atoms with Gasteiger partial charge < -0.3 is 28.8 Å². The third-order valence-electron chi connectivity index (χ3n) is 11.3. The zero-order chi connectivity index (χ0) is 45.7. The van der Waals surface area contributed by atoms with E-state index in [0.717, 1.165) is 89.9 Å². The molecule has 0 fully saturated rings. The number of rotatable bonds is 46. The molecule has 1 amide bonds. The number of unbranched alkanes of at least 4 members (excludes halogenated alkanes) is 23. The van der Waals surface area contributed by atoms with Crippen molar-refractivity contribution in [3.05, 3.63) is 60.8 Å². The van der Waals surface area contributed by atoms with E-state index in [2.05, 4.69) is 79.9 Å². The summed E-state index contributed by atoms with van der Waals surface area (Å²) in [6, 6.07) is -0.814. The summed E-state index contributed by atoms with van der Waals surface area (Å²) in [5, 5.41) is 14.0. The van der Waals surface area contributed by atoms with E-state index in [1.807, 2.05) is 21.1 Å². The average Bonchev–Trinajstić information content (AvgIpc) is 3.23. The molecule has 0 saturated carbocycles. The van der Waals surface area contributed by atoms with Crippen LogP contribution in [0, 0.1) is 0 Å². The SMILES string of the molecule is CC/C=C\C/C=C\C/C=C\C/C=C\C/C=C\CCCCCCCC(=O)NC(COP(=O)([O-])OCC[N+](C)(C)C)C(O)CCCCCCCCCCCCCCCCCCCCC. The first-order valence-electron chi connectivity index (χ1n) is 25.6. The third kappa shape index (κ3) is 46.2. The molecule has 0 aliphatic heterocycles. The Hall–Kier alpha value is -1.80. The molecule has 8 nitrogen and oxygen atoms in total. The van der Waals surface area contributed by atoms with Crippen molar-refractivity contribution in [2.24, 2.45) is 0 Å². The predicted octanol–water partition coefficient (Wildman–Crippen LogP) is 14.3. The highest BCUT2D eigenvalue weighted by Gasteiger charge is 2.24. The summed E-state index contributed by atoms with van der Waals surface area (Å²) in [5.74, 6) is -0.184. The van der Waals surface area contributed by atoms with Crippen molar-refractivity contribution in [1.29, 1.82) is 0 Å². The van der Waals surface area contributed by atoms with Gasteiger partial charge in [0.1, 0.15) is 13.2 Å². The van der Waals surface area contributed by atoms with Gasteiger partial charge in [-0.2, -0.15) is 0 Å². The molecule has 0 heterocycles. The van der Waals surface area contributed by atoms with Crippen molar-refractivity contribution < 1.29 is 32.9 Å². The number of carbonyl (C=O) groups excluding carboxylic acids is 1. The van der Waals surface area contributed by atoms with Gasteiger partial charge in [-0.05, 0) is 57.8 Å². The van der Waals surface area contributed by atoms with Crippen LogP contribution in [0.15, 0.2) is 60.8 Å². The van der Waals surface area contributed by atoms with E-state index in [1.54, 1.807) is 0 Å². The molecule has 0 aromatic carbocycles. The standard InChI is InChI=1S/C53H99N2O6P/c1-6-8-10-12-14-16-18-20-22-24-26-27-29-31-33-35-37-39-41-43-45-47-53(57)54-51(50-61-62(58,59)60-49-48-55(3,4)5)52(56)46-44-42-40-38-36-34-32-30-28-25-23-21-19-17-15-13-11-9-7-2/h8,10,14,16,20,22,26-27,31,33,51-52,56H,6-7,9,11-13,15,17-19,21,23-25,28-30,32,34-50H2,1-5H3,(H-,54,57,58,59)/b10-8-,16-14-,22-20-,27-26-,33-31-. The Labute approximate surface area is 383 Å². The van der Waals surface area contributed by atoms with Gasteiger partial charge in [-0.15, -0.1) is 0 Å². The maximum absolute atomic E-state index is 12.9. The minimum Gasteiger partial charge on any atom is -0.756 e. The van der Waals surface area contributed by atoms with Crippen LogP contribution >= 0.6 is 7.82 Å². The van der Waals surface area contributed by atoms with Crippen LogP contribution in [0.1, 0.15) is 219 Å². The molecule has 0 aromatic heterocycles. The Kier molecular flexibility index (Phi) is 43.1. The first-order valence-corrected chi connectivity index (χ1v) is 27.1. The number of likely N-dealkylation sites (N-methyl/N-ethyl adjacent to an activating group) is 1. The van der Waals surface area contributed by atoms with E-state index in [0.29, 0.717) is 23.9 Å². The van der Waals surface area contributed by atoms with E-state index in [9.17, 15) is 19.4 Å². The lowest BCUT2D eigenvalue weighted by Gasteiger charge is -2.30. The van der Waals surface area contributed by atoms with Gasteiger partial charge in [0, 0.05) is 6.42 Å². The fourth-order valence-electron chi connectivity index (χ4n) is 7.24. The summed E-state index contributed by atoms with van der Waals surface area (Å²) in [6.45, 7) is 4.60. The summed E-state index contributed by atoms with van der Waals surface area (Å²) >= 11 is 0. The first-order chi connectivity index (χ1) is 30.0. The number of aliphatic hydroxyl groups is 1. The summed E-state index contributed by atoms with van der Waals surface area (Å²) in [6.07, 6.45) is 58.0. The van der Waals surface area contributed by atoms with Gasteiger partial charge in [-0.1, -0.05) is 216 Å². The van der Waals surface area contributed by atoms with Crippen molar-refractivity contribution in [1.82, 2.24) is 5.32 Å². The lowest BCUT2D eigenvalue weighted by molar-refractivity contribution is -0.870. The number of nitrogens with zero attached hydrogens (tertiary/aromatic N) is 1. The average molecular weight is 891 g/mol. The maximum Gasteiger partial charge on any atom is 0.268 e. The molecule has 3 atom stereocenters. The number of amides is 1. The van der Waals surface area contributed by atoms with E-state index in [4.69, 9.17) is 9.05 Å². The molecule has 0 bridgehead atoms. The molecule has 0 aromatic rings. The lowest BCUT2D eigenvalue weighted by Crippen LogP contribution is -2.46. The first kappa shape index (κ1) is 60.2. The number of quaternary nitrogens is 1. The Morgan fingerprint density at radius 3 is 1.44 bits per heavy atom. The summed E-state index contributed by atoms with van der Waals surface area (Å²) in [7, 11) is 1.28. The molecule has 3 unspecified atom stereocenters. The van der Waals surface area contributed by atoms with Crippen molar-refractivity contribution in [2.45, 2.75) is 231 Å². The van der Waals surface area contributed by atoms with E-state index < -0.39 is 20.0 Å². The highest BCUT2D eigenvalue weighted by atomic mass is 31.2. The summed E-state index contributed by atoms with van der Waals surface area (Å²) in [4.78, 5) is 25.4. The highest BCUT2D eigenvalue weighted by molar-refractivity contribution is 7.45. The molecule has 0 spiro atoms. The second-order valence-corrected chi connectivity index (χ2v) is 19.9. The van der Waals surface area contributed by atoms with Crippen LogP contribution in [-0.4, -0.2) is 68.5 Å². The van der Waals surface area contributed by atoms with Crippen LogP contribution < -0.4 is 10.2 Å². The Balaban J connectivity index is 4.32. The van der Waals surface area contributed by atoms with Crippen molar-refractivity contribution >= 4 is 13.7 Å². The second-order valence-electron chi connectivity index (χ2n) is 18.5. The zero-order valence-corrected chi connectivity index (χ0v) is 42.0. The van der Waals surface area contributed by atoms with Crippen molar-refractivity contribution in [3.63, 3.8) is 0 Å². The van der Waals surface area contributed by atoms with Crippen LogP contribution in [0.3, 0.4) is 0 Å². The molecule has 362 valence electrons. The van der Waals surface area contributed by atoms with Crippen LogP contribution in [0.4, 0.5) is 0 Å². The predicted molar refractivity (Wildman–Crippen MR) is 265 cm³/mol. The van der Waals surface area contributed by atoms with Crippen LogP contribution in [-0.2, 0) is 18.4 Å². The van der Waals surface area contributed by atoms with Crippen LogP contribution in [0.5, 0.6) is 0 Å². The minimum absolute atomic E-state index is 0.00549. The fourth-order valence-corrected chi connectivity index (χ4v) is 7.97. The third-order valence-corrected chi connectivity index (χ3v) is 12.2. The van der Waals surface area contributed by atoms with Gasteiger partial charge in [0.2, 0.25) is 5.91 Å². The second kappa shape index (κ2) is 44.4. The molecular weight excluding hydrogens is 792 g/mol. The summed E-state index contributed by atoms with van der Waals surface area (Å²) < 4.78 is 23.3. The van der Waals surface area contributed by atoms with Gasteiger partial charge >= 0.3 is 0 Å². The number of hydrogen-bond donors (Lipinski definition) is 2. The molecule has 0 rings (SSSR count). The van der Waals surface area contributed by atoms with Gasteiger partial charge in [0.15, 0.2) is 0 Å². The van der Waals surface area contributed by atoms with E-state index in [1.165, 1.54) is 103 Å². The summed E-state index contributed by atoms with van der Waals surface area (Å²) in [5.41, 5.74) is 0. The molecule has 62 heavy (non-hydrogen) atoms. The Bertz CT molecular complexity index is 1190. The maximum atomic E-state index is 12.9. The lowest BCUT2D eigenvalue weighted by atomic mass is 10.0.